The zero-order valence-electron chi connectivity index (χ0n) is 23.2. The summed E-state index contributed by atoms with van der Waals surface area (Å²) in [5, 5.41) is 12.7. The minimum absolute atomic E-state index is 0. The first kappa shape index (κ1) is 35.5. The highest BCUT2D eigenvalue weighted by molar-refractivity contribution is 5.88. The maximum absolute atomic E-state index is 13.3. The number of nitrogens with two attached hydrogens (primary N) is 1. The van der Waals surface area contributed by atoms with Crippen molar-refractivity contribution in [2.75, 3.05) is 26.2 Å². The second kappa shape index (κ2) is 16.8. The predicted molar refractivity (Wildman–Crippen MR) is 161 cm³/mol. The normalized spacial score (nSPS) is 17.0. The molecule has 0 saturated carbocycles. The molecule has 2 aliphatic heterocycles. The second-order valence-corrected chi connectivity index (χ2v) is 10.3. The van der Waals surface area contributed by atoms with Gasteiger partial charge in [0.25, 0.3) is 0 Å². The molecule has 2 fully saturated rings. The minimum atomic E-state index is -4.74. The highest BCUT2D eigenvalue weighted by Crippen LogP contribution is 2.36. The summed E-state index contributed by atoms with van der Waals surface area (Å²) < 4.78 is 40.7. The summed E-state index contributed by atoms with van der Waals surface area (Å²) in [6, 6.07) is 20.6. The number of aromatic carboxylic acids is 1. The van der Waals surface area contributed by atoms with Crippen molar-refractivity contribution >= 4 is 30.8 Å². The summed E-state index contributed by atoms with van der Waals surface area (Å²) in [4.78, 5) is 15.7. The Hall–Kier alpha value is -2.67. The number of hydrogen-bond donors (Lipinski definition) is 3. The van der Waals surface area contributed by atoms with E-state index >= 15 is 0 Å². The van der Waals surface area contributed by atoms with Crippen molar-refractivity contribution < 1.29 is 23.1 Å². The first-order valence-electron chi connectivity index (χ1n) is 13.6. The smallest absolute Gasteiger partial charge is 0.433 e. The van der Waals surface area contributed by atoms with Gasteiger partial charge in [-0.05, 0) is 36.8 Å². The van der Waals surface area contributed by atoms with Gasteiger partial charge in [-0.2, -0.15) is 18.3 Å². The van der Waals surface area contributed by atoms with Gasteiger partial charge in [-0.3, -0.25) is 25.8 Å². The third-order valence-electron chi connectivity index (χ3n) is 7.52. The van der Waals surface area contributed by atoms with Crippen LogP contribution >= 0.6 is 24.8 Å². The van der Waals surface area contributed by atoms with Crippen LogP contribution in [0.5, 0.6) is 0 Å². The summed E-state index contributed by atoms with van der Waals surface area (Å²) in [5.41, 5.74) is 3.46. The van der Waals surface area contributed by atoms with Crippen LogP contribution in [0.1, 0.15) is 58.9 Å². The Morgan fingerprint density at radius 1 is 0.857 bits per heavy atom. The van der Waals surface area contributed by atoms with Crippen LogP contribution in [0, 0.1) is 0 Å². The number of nitrogens with one attached hydrogen (secondary N) is 1. The summed E-state index contributed by atoms with van der Waals surface area (Å²) in [6.45, 7) is 5.38. The van der Waals surface area contributed by atoms with Crippen molar-refractivity contribution in [3.63, 3.8) is 0 Å². The lowest BCUT2D eigenvalue weighted by Crippen LogP contribution is -2.44. The molecule has 0 spiro atoms. The zero-order valence-corrected chi connectivity index (χ0v) is 24.9. The van der Waals surface area contributed by atoms with Crippen molar-refractivity contribution in [3.8, 4) is 0 Å². The molecule has 4 N–H and O–H groups in total. The Kier molecular flexibility index (Phi) is 14.2. The minimum Gasteiger partial charge on any atom is -0.478 e. The number of hydrogen-bond acceptors (Lipinski definition) is 6. The fourth-order valence-corrected chi connectivity index (χ4v) is 5.34. The summed E-state index contributed by atoms with van der Waals surface area (Å²) in [7, 11) is 0. The number of carbonyl (C=O) groups is 1. The van der Waals surface area contributed by atoms with E-state index in [1.807, 2.05) is 30.3 Å². The van der Waals surface area contributed by atoms with Gasteiger partial charge in [-0.1, -0.05) is 60.7 Å². The highest BCUT2D eigenvalue weighted by Gasteiger charge is 2.42. The van der Waals surface area contributed by atoms with Gasteiger partial charge in [0.15, 0.2) is 5.69 Å². The monoisotopic (exact) mass is 630 g/mol. The Morgan fingerprint density at radius 2 is 1.31 bits per heavy atom. The lowest BCUT2D eigenvalue weighted by atomic mass is 10.0. The molecule has 42 heavy (non-hydrogen) atoms. The number of hydrazine groups is 1. The molecule has 8 nitrogen and oxygen atoms in total. The highest BCUT2D eigenvalue weighted by atomic mass is 35.5. The van der Waals surface area contributed by atoms with Crippen molar-refractivity contribution in [1.29, 1.82) is 0 Å². The Balaban J connectivity index is 0.000000313. The van der Waals surface area contributed by atoms with Crippen molar-refractivity contribution in [3.05, 3.63) is 89.2 Å². The van der Waals surface area contributed by atoms with Gasteiger partial charge >= 0.3 is 12.1 Å². The van der Waals surface area contributed by atoms with E-state index in [2.05, 4.69) is 50.7 Å². The molecule has 1 aromatic heterocycles. The summed E-state index contributed by atoms with van der Waals surface area (Å²) >= 11 is 0. The molecular weight excluding hydrogens is 592 g/mol. The number of carboxylic acid groups (broad SMARTS) is 1. The number of aromatic nitrogens is 2. The third-order valence-corrected chi connectivity index (χ3v) is 7.52. The number of alkyl halides is 3. The fourth-order valence-electron chi connectivity index (χ4n) is 5.34. The lowest BCUT2D eigenvalue weighted by molar-refractivity contribution is -0.145. The van der Waals surface area contributed by atoms with Crippen LogP contribution in [0.4, 0.5) is 13.2 Å². The third kappa shape index (κ3) is 9.96. The summed E-state index contributed by atoms with van der Waals surface area (Å²) in [6.07, 6.45) is -0.646. The molecule has 3 aromatic rings. The second-order valence-electron chi connectivity index (χ2n) is 10.3. The van der Waals surface area contributed by atoms with Gasteiger partial charge in [0.2, 0.25) is 0 Å². The molecule has 2 aliphatic rings. The Labute approximate surface area is 256 Å². The first-order chi connectivity index (χ1) is 19.2. The van der Waals surface area contributed by atoms with Crippen molar-refractivity contribution in [2.24, 2.45) is 5.84 Å². The van der Waals surface area contributed by atoms with E-state index in [0.717, 1.165) is 55.5 Å². The number of likely N-dealkylation sites (tertiary alicyclic amines) is 2. The van der Waals surface area contributed by atoms with E-state index in [1.54, 1.807) is 0 Å². The number of halogens is 5. The molecule has 3 heterocycles. The number of nitrogens with zero attached hydrogens (tertiary/aromatic N) is 4. The van der Waals surface area contributed by atoms with Gasteiger partial charge in [0.1, 0.15) is 5.56 Å². The van der Waals surface area contributed by atoms with Crippen molar-refractivity contribution in [1.82, 2.24) is 25.0 Å². The van der Waals surface area contributed by atoms with E-state index in [1.165, 1.54) is 5.56 Å². The van der Waals surface area contributed by atoms with E-state index in [4.69, 9.17) is 10.9 Å². The molecule has 0 atom stereocenters. The van der Waals surface area contributed by atoms with Gasteiger partial charge in [0, 0.05) is 45.3 Å². The molecule has 2 saturated heterocycles. The SMILES string of the molecule is Cl.Cl.NNC1CCN(Cc2ccccc2)CC1.O=C(O)c1cnn(C2CCN(Cc3ccccc3)CC2)c1C(F)(F)F. The van der Waals surface area contributed by atoms with Gasteiger partial charge in [-0.15, -0.1) is 24.8 Å². The molecular formula is C29H39Cl2F3N6O2. The first-order valence-corrected chi connectivity index (χ1v) is 13.6. The van der Waals surface area contributed by atoms with E-state index in [-0.39, 0.29) is 24.8 Å². The average Bonchev–Trinajstić information content (AvgIpc) is 3.42. The van der Waals surface area contributed by atoms with Crippen LogP contribution in [-0.2, 0) is 19.3 Å². The maximum Gasteiger partial charge on any atom is 0.433 e. The zero-order chi connectivity index (χ0) is 28.5. The molecule has 0 amide bonds. The average molecular weight is 632 g/mol. The Bertz CT molecular complexity index is 1200. The van der Waals surface area contributed by atoms with Crippen LogP contribution in [0.25, 0.3) is 0 Å². The van der Waals surface area contributed by atoms with Crippen LogP contribution in [-0.4, -0.2) is 62.9 Å². The number of carboxylic acids is 1. The van der Waals surface area contributed by atoms with E-state index in [9.17, 15) is 18.0 Å². The number of rotatable bonds is 7. The molecule has 0 radical (unpaired) electrons. The number of benzene rings is 2. The van der Waals surface area contributed by atoms with E-state index in [0.29, 0.717) is 32.0 Å². The Morgan fingerprint density at radius 3 is 1.71 bits per heavy atom. The fraction of sp³-hybridized carbons (Fsp3) is 0.448. The maximum atomic E-state index is 13.3. The van der Waals surface area contributed by atoms with Crippen LogP contribution < -0.4 is 11.3 Å². The van der Waals surface area contributed by atoms with Gasteiger partial charge < -0.3 is 5.11 Å². The largest absolute Gasteiger partial charge is 0.478 e. The van der Waals surface area contributed by atoms with Crippen LogP contribution in [0.15, 0.2) is 66.9 Å². The molecule has 232 valence electrons. The standard InChI is InChI=1S/C17H18F3N3O2.C12H19N3.2ClH/c18-17(19,20)15-14(16(24)25)10-21-23(15)13-6-8-22(9-7-13)11-12-4-2-1-3-5-12;13-14-12-6-8-15(9-7-12)10-11-4-2-1-3-5-11;;/h1-5,10,13H,6-9,11H2,(H,24,25);1-5,12,14H,6-10,13H2;2*1H. The quantitative estimate of drug-likeness (QED) is 0.238. The predicted octanol–water partition coefficient (Wildman–Crippen LogP) is 5.40. The van der Waals surface area contributed by atoms with Gasteiger partial charge in [-0.25, -0.2) is 4.79 Å². The molecule has 5 rings (SSSR count). The van der Waals surface area contributed by atoms with Crippen LogP contribution in [0.2, 0.25) is 0 Å². The molecule has 13 heteroatoms. The van der Waals surface area contributed by atoms with E-state index < -0.39 is 29.4 Å². The topological polar surface area (TPSA) is 99.6 Å². The molecule has 2 aromatic carbocycles. The van der Waals surface area contributed by atoms with Crippen LogP contribution in [0.3, 0.4) is 0 Å². The number of piperidine rings is 2. The lowest BCUT2D eigenvalue weighted by Gasteiger charge is -2.33. The van der Waals surface area contributed by atoms with Crippen molar-refractivity contribution in [2.45, 2.75) is 57.0 Å². The van der Waals surface area contributed by atoms with Gasteiger partial charge in [0.05, 0.1) is 12.2 Å². The molecule has 0 bridgehead atoms. The molecule has 0 aliphatic carbocycles. The molecule has 0 unspecified atom stereocenters. The summed E-state index contributed by atoms with van der Waals surface area (Å²) in [5.74, 6) is 3.82.